The van der Waals surface area contributed by atoms with Gasteiger partial charge in [-0.1, -0.05) is 41.5 Å². The van der Waals surface area contributed by atoms with Crippen LogP contribution < -0.4 is 0 Å². The standard InChI is InChI=1S/C14H25N3/c1-13(2,3)10-8-7-9-17-11(10)15-12(16-17)14(4,5)6/h10H,7-9H2,1-6H3. The van der Waals surface area contributed by atoms with E-state index in [1.807, 2.05) is 0 Å². The van der Waals surface area contributed by atoms with Gasteiger partial charge in [-0.05, 0) is 18.3 Å². The Hall–Kier alpha value is -0.860. The number of hydrogen-bond acceptors (Lipinski definition) is 2. The topological polar surface area (TPSA) is 30.7 Å². The molecule has 0 N–H and O–H groups in total. The van der Waals surface area contributed by atoms with Crippen molar-refractivity contribution in [2.75, 3.05) is 0 Å². The molecule has 1 aliphatic heterocycles. The van der Waals surface area contributed by atoms with E-state index in [0.717, 1.165) is 12.4 Å². The van der Waals surface area contributed by atoms with Gasteiger partial charge < -0.3 is 0 Å². The molecule has 2 rings (SSSR count). The Morgan fingerprint density at radius 1 is 1.12 bits per heavy atom. The monoisotopic (exact) mass is 235 g/mol. The number of aromatic nitrogens is 3. The largest absolute Gasteiger partial charge is 0.249 e. The van der Waals surface area contributed by atoms with E-state index in [2.05, 4.69) is 46.2 Å². The first-order valence-corrected chi connectivity index (χ1v) is 6.65. The van der Waals surface area contributed by atoms with Gasteiger partial charge in [0.1, 0.15) is 5.82 Å². The predicted molar refractivity (Wildman–Crippen MR) is 70.2 cm³/mol. The van der Waals surface area contributed by atoms with Crippen molar-refractivity contribution in [3.8, 4) is 0 Å². The zero-order valence-electron chi connectivity index (χ0n) is 12.0. The highest BCUT2D eigenvalue weighted by atomic mass is 15.4. The smallest absolute Gasteiger partial charge is 0.156 e. The number of fused-ring (bicyclic) bond motifs is 1. The maximum absolute atomic E-state index is 4.82. The Morgan fingerprint density at radius 3 is 2.29 bits per heavy atom. The molecule has 0 spiro atoms. The van der Waals surface area contributed by atoms with Crippen molar-refractivity contribution >= 4 is 0 Å². The predicted octanol–water partition coefficient (Wildman–Crippen LogP) is 3.50. The maximum Gasteiger partial charge on any atom is 0.156 e. The van der Waals surface area contributed by atoms with Crippen LogP contribution in [0.15, 0.2) is 0 Å². The summed E-state index contributed by atoms with van der Waals surface area (Å²) in [5.41, 5.74) is 0.327. The Labute approximate surface area is 105 Å². The van der Waals surface area contributed by atoms with Gasteiger partial charge in [-0.3, -0.25) is 0 Å². The van der Waals surface area contributed by atoms with E-state index in [-0.39, 0.29) is 10.8 Å². The highest BCUT2D eigenvalue weighted by molar-refractivity contribution is 5.10. The minimum absolute atomic E-state index is 0.0484. The van der Waals surface area contributed by atoms with Crippen LogP contribution in [0.1, 0.15) is 72.0 Å². The summed E-state index contributed by atoms with van der Waals surface area (Å²) < 4.78 is 2.14. The number of nitrogens with zero attached hydrogens (tertiary/aromatic N) is 3. The van der Waals surface area contributed by atoms with Gasteiger partial charge in [-0.25, -0.2) is 9.67 Å². The van der Waals surface area contributed by atoms with Gasteiger partial charge in [0, 0.05) is 17.9 Å². The second-order valence-corrected chi connectivity index (χ2v) is 7.33. The van der Waals surface area contributed by atoms with Gasteiger partial charge in [-0.15, -0.1) is 0 Å². The second kappa shape index (κ2) is 3.82. The molecule has 0 aromatic carbocycles. The summed E-state index contributed by atoms with van der Waals surface area (Å²) in [6, 6.07) is 0. The van der Waals surface area contributed by atoms with E-state index in [1.54, 1.807) is 0 Å². The number of hydrogen-bond donors (Lipinski definition) is 0. The van der Waals surface area contributed by atoms with Gasteiger partial charge in [-0.2, -0.15) is 5.10 Å². The molecular formula is C14H25N3. The summed E-state index contributed by atoms with van der Waals surface area (Å²) in [5, 5.41) is 4.69. The van der Waals surface area contributed by atoms with Crippen molar-refractivity contribution < 1.29 is 0 Å². The molecule has 0 saturated heterocycles. The normalized spacial score (nSPS) is 21.4. The first-order chi connectivity index (χ1) is 7.69. The average Bonchev–Trinajstić information content (AvgIpc) is 2.57. The molecule has 96 valence electrons. The van der Waals surface area contributed by atoms with Crippen LogP contribution in [0.4, 0.5) is 0 Å². The Morgan fingerprint density at radius 2 is 1.76 bits per heavy atom. The SMILES string of the molecule is CC(C)(C)c1nc2n(n1)CCCC2C(C)(C)C. The van der Waals surface area contributed by atoms with Crippen molar-refractivity contribution in [2.24, 2.45) is 5.41 Å². The average molecular weight is 235 g/mol. The molecule has 0 bridgehead atoms. The van der Waals surface area contributed by atoms with Crippen LogP contribution in [0.25, 0.3) is 0 Å². The molecule has 3 nitrogen and oxygen atoms in total. The molecule has 2 heterocycles. The lowest BCUT2D eigenvalue weighted by atomic mass is 9.76. The minimum Gasteiger partial charge on any atom is -0.249 e. The van der Waals surface area contributed by atoms with Crippen molar-refractivity contribution in [1.29, 1.82) is 0 Å². The molecule has 3 heteroatoms. The fourth-order valence-corrected chi connectivity index (χ4v) is 2.49. The minimum atomic E-state index is 0.0484. The molecular weight excluding hydrogens is 210 g/mol. The lowest BCUT2D eigenvalue weighted by molar-refractivity contribution is 0.251. The Kier molecular flexibility index (Phi) is 2.83. The lowest BCUT2D eigenvalue weighted by Gasteiger charge is -2.33. The van der Waals surface area contributed by atoms with E-state index in [1.165, 1.54) is 18.7 Å². The van der Waals surface area contributed by atoms with E-state index in [9.17, 15) is 0 Å². The fraction of sp³-hybridized carbons (Fsp3) is 0.857. The zero-order valence-corrected chi connectivity index (χ0v) is 12.0. The Bertz CT molecular complexity index is 404. The molecule has 0 saturated carbocycles. The third kappa shape index (κ3) is 2.38. The van der Waals surface area contributed by atoms with Crippen molar-refractivity contribution in [2.45, 2.75) is 72.3 Å². The summed E-state index contributed by atoms with van der Waals surface area (Å²) in [6.07, 6.45) is 2.47. The lowest BCUT2D eigenvalue weighted by Crippen LogP contribution is -2.26. The molecule has 17 heavy (non-hydrogen) atoms. The summed E-state index contributed by atoms with van der Waals surface area (Å²) in [7, 11) is 0. The van der Waals surface area contributed by atoms with Gasteiger partial charge in [0.15, 0.2) is 5.82 Å². The molecule has 0 radical (unpaired) electrons. The third-order valence-corrected chi connectivity index (χ3v) is 3.59. The third-order valence-electron chi connectivity index (χ3n) is 3.59. The van der Waals surface area contributed by atoms with Crippen molar-refractivity contribution in [3.63, 3.8) is 0 Å². The van der Waals surface area contributed by atoms with Crippen molar-refractivity contribution in [3.05, 3.63) is 11.6 Å². The van der Waals surface area contributed by atoms with E-state index >= 15 is 0 Å². The van der Waals surface area contributed by atoms with Crippen LogP contribution in [0.3, 0.4) is 0 Å². The first kappa shape index (κ1) is 12.6. The fourth-order valence-electron chi connectivity index (χ4n) is 2.49. The number of aryl methyl sites for hydroxylation is 1. The summed E-state index contributed by atoms with van der Waals surface area (Å²) in [5.74, 6) is 2.73. The molecule has 1 aromatic rings. The van der Waals surface area contributed by atoms with Crippen LogP contribution in [0.2, 0.25) is 0 Å². The summed E-state index contributed by atoms with van der Waals surface area (Å²) in [4.78, 5) is 4.82. The zero-order chi connectivity index (χ0) is 12.8. The van der Waals surface area contributed by atoms with Crippen LogP contribution in [-0.2, 0) is 12.0 Å². The summed E-state index contributed by atoms with van der Waals surface area (Å²) in [6.45, 7) is 14.5. The van der Waals surface area contributed by atoms with Crippen LogP contribution in [0, 0.1) is 5.41 Å². The quantitative estimate of drug-likeness (QED) is 0.689. The van der Waals surface area contributed by atoms with Crippen LogP contribution in [0.5, 0.6) is 0 Å². The number of rotatable bonds is 0. The van der Waals surface area contributed by atoms with Crippen molar-refractivity contribution in [1.82, 2.24) is 14.8 Å². The molecule has 1 aromatic heterocycles. The van der Waals surface area contributed by atoms with Gasteiger partial charge >= 0.3 is 0 Å². The molecule has 1 unspecified atom stereocenters. The van der Waals surface area contributed by atoms with E-state index in [4.69, 9.17) is 10.1 Å². The second-order valence-electron chi connectivity index (χ2n) is 7.33. The highest BCUT2D eigenvalue weighted by Gasteiger charge is 2.34. The van der Waals surface area contributed by atoms with Crippen LogP contribution in [-0.4, -0.2) is 14.8 Å². The van der Waals surface area contributed by atoms with E-state index < -0.39 is 0 Å². The molecule has 0 amide bonds. The van der Waals surface area contributed by atoms with E-state index in [0.29, 0.717) is 5.92 Å². The molecule has 0 fully saturated rings. The van der Waals surface area contributed by atoms with Gasteiger partial charge in [0.05, 0.1) is 0 Å². The molecule has 0 aliphatic carbocycles. The van der Waals surface area contributed by atoms with Gasteiger partial charge in [0.25, 0.3) is 0 Å². The van der Waals surface area contributed by atoms with Crippen LogP contribution >= 0.6 is 0 Å². The first-order valence-electron chi connectivity index (χ1n) is 6.65. The van der Waals surface area contributed by atoms with Gasteiger partial charge in [0.2, 0.25) is 0 Å². The maximum atomic E-state index is 4.82. The Balaban J connectivity index is 2.42. The highest BCUT2D eigenvalue weighted by Crippen LogP contribution is 2.40. The summed E-state index contributed by atoms with van der Waals surface area (Å²) >= 11 is 0. The molecule has 1 atom stereocenters. The molecule has 1 aliphatic rings.